The van der Waals surface area contributed by atoms with E-state index in [1.54, 1.807) is 0 Å². The van der Waals surface area contributed by atoms with E-state index >= 15 is 0 Å². The molecule has 58 valence electrons. The molecule has 0 aliphatic rings. The second kappa shape index (κ2) is 6.59. The minimum absolute atomic E-state index is 0.309. The number of hydrogen-bond acceptors (Lipinski definition) is 2. The monoisotopic (exact) mass is 142 g/mol. The summed E-state index contributed by atoms with van der Waals surface area (Å²) in [4.78, 5) is 10.4. The SMILES string of the molecule is [CH]OC(=O)CCCCCC. The average Bonchev–Trinajstić information content (AvgIpc) is 1.98. The van der Waals surface area contributed by atoms with Gasteiger partial charge in [0.05, 0.1) is 0 Å². The summed E-state index contributed by atoms with van der Waals surface area (Å²) in [6, 6.07) is 0. The highest BCUT2D eigenvalue weighted by atomic mass is 16.5. The molecule has 0 fully saturated rings. The summed E-state index contributed by atoms with van der Waals surface area (Å²) < 4.78 is 3.99. The summed E-state index contributed by atoms with van der Waals surface area (Å²) in [7, 11) is 4.64. The fourth-order valence-corrected chi connectivity index (χ4v) is 0.755. The van der Waals surface area contributed by atoms with E-state index in [-0.39, 0.29) is 5.97 Å². The highest BCUT2D eigenvalue weighted by Gasteiger charge is 1.97. The molecule has 0 unspecified atom stereocenters. The summed E-state index contributed by atoms with van der Waals surface area (Å²) in [5, 5.41) is 0. The lowest BCUT2D eigenvalue weighted by molar-refractivity contribution is -0.138. The molecule has 0 bridgehead atoms. The van der Waals surface area contributed by atoms with Gasteiger partial charge >= 0.3 is 5.97 Å². The summed E-state index contributed by atoms with van der Waals surface area (Å²) in [6.07, 6.45) is 4.79. The molecule has 0 atom stereocenters. The molecular formula is C8H14O2. The standard InChI is InChI=1S/C8H14O2/c1-3-4-5-6-7-8(9)10-2/h2H,3-7H2,1H3. The maximum atomic E-state index is 10.4. The van der Waals surface area contributed by atoms with Gasteiger partial charge in [-0.05, 0) is 6.42 Å². The maximum Gasteiger partial charge on any atom is 0.306 e. The smallest absolute Gasteiger partial charge is 0.306 e. The van der Waals surface area contributed by atoms with Gasteiger partial charge in [0, 0.05) is 6.42 Å². The molecule has 2 heteroatoms. The van der Waals surface area contributed by atoms with E-state index in [9.17, 15) is 4.79 Å². The third kappa shape index (κ3) is 5.60. The molecule has 0 aromatic heterocycles. The molecule has 0 aromatic rings. The zero-order chi connectivity index (χ0) is 7.82. The lowest BCUT2D eigenvalue weighted by Gasteiger charge is -1.96. The molecule has 0 rings (SSSR count). The Morgan fingerprint density at radius 1 is 1.40 bits per heavy atom. The van der Waals surface area contributed by atoms with Crippen molar-refractivity contribution in [2.24, 2.45) is 0 Å². The molecule has 2 nitrogen and oxygen atoms in total. The van der Waals surface area contributed by atoms with Gasteiger partial charge in [0.25, 0.3) is 0 Å². The van der Waals surface area contributed by atoms with Gasteiger partial charge in [0.2, 0.25) is 0 Å². The number of unbranched alkanes of at least 4 members (excludes halogenated alkanes) is 3. The van der Waals surface area contributed by atoms with Crippen molar-refractivity contribution in [1.82, 2.24) is 0 Å². The minimum atomic E-state index is -0.309. The molecular weight excluding hydrogens is 128 g/mol. The molecule has 0 heterocycles. The third-order valence-corrected chi connectivity index (χ3v) is 1.37. The highest BCUT2D eigenvalue weighted by Crippen LogP contribution is 2.02. The quantitative estimate of drug-likeness (QED) is 0.434. The van der Waals surface area contributed by atoms with Crippen molar-refractivity contribution in [3.05, 3.63) is 7.11 Å². The first kappa shape index (κ1) is 9.47. The van der Waals surface area contributed by atoms with Crippen molar-refractivity contribution in [3.63, 3.8) is 0 Å². The number of hydrogen-bond donors (Lipinski definition) is 0. The average molecular weight is 142 g/mol. The van der Waals surface area contributed by atoms with Crippen molar-refractivity contribution in [3.8, 4) is 0 Å². The Kier molecular flexibility index (Phi) is 6.24. The summed E-state index contributed by atoms with van der Waals surface area (Å²) in [5.74, 6) is -0.309. The fourth-order valence-electron chi connectivity index (χ4n) is 0.755. The lowest BCUT2D eigenvalue weighted by Crippen LogP contribution is -1.97. The first-order valence-electron chi connectivity index (χ1n) is 3.70. The third-order valence-electron chi connectivity index (χ3n) is 1.37. The van der Waals surface area contributed by atoms with Crippen molar-refractivity contribution in [2.45, 2.75) is 39.0 Å². The van der Waals surface area contributed by atoms with Crippen LogP contribution in [0.4, 0.5) is 0 Å². The molecule has 0 aliphatic carbocycles. The Bertz CT molecular complexity index is 89.3. The van der Waals surface area contributed by atoms with Crippen LogP contribution in [-0.4, -0.2) is 5.97 Å². The highest BCUT2D eigenvalue weighted by molar-refractivity contribution is 5.69. The first-order chi connectivity index (χ1) is 4.81. The van der Waals surface area contributed by atoms with Gasteiger partial charge in [-0.25, -0.2) is 0 Å². The summed E-state index contributed by atoms with van der Waals surface area (Å²) in [6.45, 7) is 2.13. The normalized spacial score (nSPS) is 9.40. The molecule has 0 N–H and O–H groups in total. The lowest BCUT2D eigenvalue weighted by atomic mass is 10.2. The zero-order valence-corrected chi connectivity index (χ0v) is 6.43. The first-order valence-corrected chi connectivity index (χ1v) is 3.70. The molecule has 0 aliphatic heterocycles. The van der Waals surface area contributed by atoms with E-state index in [1.165, 1.54) is 12.8 Å². The van der Waals surface area contributed by atoms with E-state index in [2.05, 4.69) is 18.8 Å². The Labute approximate surface area is 62.6 Å². The fraction of sp³-hybridized carbons (Fsp3) is 0.750. The van der Waals surface area contributed by atoms with Crippen molar-refractivity contribution in [1.29, 1.82) is 0 Å². The Morgan fingerprint density at radius 2 is 2.10 bits per heavy atom. The van der Waals surface area contributed by atoms with Crippen LogP contribution < -0.4 is 0 Å². The van der Waals surface area contributed by atoms with E-state index < -0.39 is 0 Å². The van der Waals surface area contributed by atoms with Crippen LogP contribution in [0.5, 0.6) is 0 Å². The van der Waals surface area contributed by atoms with E-state index in [0.717, 1.165) is 12.8 Å². The van der Waals surface area contributed by atoms with Crippen LogP contribution in [0.1, 0.15) is 39.0 Å². The van der Waals surface area contributed by atoms with E-state index in [0.29, 0.717) is 6.42 Å². The number of ether oxygens (including phenoxy) is 1. The Morgan fingerprint density at radius 3 is 2.60 bits per heavy atom. The van der Waals surface area contributed by atoms with Gasteiger partial charge < -0.3 is 4.74 Å². The van der Waals surface area contributed by atoms with Gasteiger partial charge in [0.15, 0.2) is 7.11 Å². The predicted octanol–water partition coefficient (Wildman–Crippen LogP) is 2.17. The zero-order valence-electron chi connectivity index (χ0n) is 6.43. The van der Waals surface area contributed by atoms with Gasteiger partial charge in [-0.2, -0.15) is 0 Å². The molecule has 10 heavy (non-hydrogen) atoms. The second-order valence-electron chi connectivity index (χ2n) is 2.30. The topological polar surface area (TPSA) is 26.3 Å². The van der Waals surface area contributed by atoms with Crippen LogP contribution in [0.3, 0.4) is 0 Å². The predicted molar refractivity (Wildman–Crippen MR) is 39.2 cm³/mol. The van der Waals surface area contributed by atoms with Crippen molar-refractivity contribution < 1.29 is 9.53 Å². The largest absolute Gasteiger partial charge is 0.454 e. The molecule has 0 aromatic carbocycles. The van der Waals surface area contributed by atoms with Crippen LogP contribution in [0.25, 0.3) is 0 Å². The van der Waals surface area contributed by atoms with Gasteiger partial charge in [-0.1, -0.05) is 26.2 Å². The van der Waals surface area contributed by atoms with Gasteiger partial charge in [0.1, 0.15) is 0 Å². The van der Waals surface area contributed by atoms with E-state index in [4.69, 9.17) is 0 Å². The maximum absolute atomic E-state index is 10.4. The van der Waals surface area contributed by atoms with Crippen LogP contribution in [-0.2, 0) is 9.53 Å². The molecule has 0 saturated heterocycles. The van der Waals surface area contributed by atoms with E-state index in [1.807, 2.05) is 0 Å². The summed E-state index contributed by atoms with van der Waals surface area (Å²) >= 11 is 0. The van der Waals surface area contributed by atoms with Crippen LogP contribution in [0.15, 0.2) is 0 Å². The molecule has 2 radical (unpaired) electrons. The van der Waals surface area contributed by atoms with Gasteiger partial charge in [-0.15, -0.1) is 0 Å². The van der Waals surface area contributed by atoms with Crippen LogP contribution >= 0.6 is 0 Å². The second-order valence-corrected chi connectivity index (χ2v) is 2.30. The van der Waals surface area contributed by atoms with Crippen molar-refractivity contribution >= 4 is 5.97 Å². The molecule has 0 amide bonds. The summed E-state index contributed by atoms with van der Waals surface area (Å²) in [5.41, 5.74) is 0. The number of carbonyl (C=O) groups is 1. The number of rotatable bonds is 5. The number of carbonyl (C=O) groups excluding carboxylic acids is 1. The Balaban J connectivity index is 2.96. The minimum Gasteiger partial charge on any atom is -0.454 e. The Hall–Kier alpha value is -0.530. The molecule has 0 saturated carbocycles. The van der Waals surface area contributed by atoms with Crippen LogP contribution in [0, 0.1) is 7.11 Å². The number of esters is 1. The van der Waals surface area contributed by atoms with Gasteiger partial charge in [-0.3, -0.25) is 4.79 Å². The van der Waals surface area contributed by atoms with Crippen LogP contribution in [0.2, 0.25) is 0 Å². The van der Waals surface area contributed by atoms with Crippen molar-refractivity contribution in [2.75, 3.05) is 0 Å². The molecule has 0 spiro atoms.